The maximum Gasteiger partial charge on any atom is 0.123 e. The van der Waals surface area contributed by atoms with Gasteiger partial charge in [-0.1, -0.05) is 15.9 Å². The standard InChI is InChI=1S/C16H19BrN2S/c1-9-6-12(7-10(2)15(9)17)16-19-11(3)14(20-16)8-18-13-4-5-13/h6-7,13,18H,4-5,8H2,1-3H3. The molecule has 1 aliphatic rings. The molecule has 1 heterocycles. The van der Waals surface area contributed by atoms with Gasteiger partial charge in [-0.05, 0) is 56.9 Å². The zero-order valence-corrected chi connectivity index (χ0v) is 14.5. The zero-order chi connectivity index (χ0) is 14.3. The fourth-order valence-electron chi connectivity index (χ4n) is 2.31. The van der Waals surface area contributed by atoms with Crippen LogP contribution in [0.1, 0.15) is 34.5 Å². The van der Waals surface area contributed by atoms with Gasteiger partial charge in [0, 0.05) is 27.5 Å². The lowest BCUT2D eigenvalue weighted by atomic mass is 10.1. The van der Waals surface area contributed by atoms with Gasteiger partial charge in [0.1, 0.15) is 5.01 Å². The third kappa shape index (κ3) is 2.97. The lowest BCUT2D eigenvalue weighted by Crippen LogP contribution is -2.14. The summed E-state index contributed by atoms with van der Waals surface area (Å²) in [5, 5.41) is 4.71. The van der Waals surface area contributed by atoms with E-state index >= 15 is 0 Å². The fraction of sp³-hybridized carbons (Fsp3) is 0.438. The van der Waals surface area contributed by atoms with Gasteiger partial charge in [-0.3, -0.25) is 0 Å². The van der Waals surface area contributed by atoms with E-state index in [1.54, 1.807) is 0 Å². The van der Waals surface area contributed by atoms with Crippen molar-refractivity contribution in [1.82, 2.24) is 10.3 Å². The predicted molar refractivity (Wildman–Crippen MR) is 89.3 cm³/mol. The Bertz CT molecular complexity index is 621. The minimum atomic E-state index is 0.747. The van der Waals surface area contributed by atoms with E-state index in [9.17, 15) is 0 Å². The number of benzene rings is 1. The van der Waals surface area contributed by atoms with E-state index in [1.807, 2.05) is 11.3 Å². The van der Waals surface area contributed by atoms with Crippen LogP contribution in [0.25, 0.3) is 10.6 Å². The zero-order valence-electron chi connectivity index (χ0n) is 12.1. The molecule has 0 bridgehead atoms. The van der Waals surface area contributed by atoms with E-state index in [2.05, 4.69) is 54.2 Å². The fourth-order valence-corrected chi connectivity index (χ4v) is 3.54. The summed E-state index contributed by atoms with van der Waals surface area (Å²) in [7, 11) is 0. The van der Waals surface area contributed by atoms with Crippen LogP contribution in [0, 0.1) is 20.8 Å². The van der Waals surface area contributed by atoms with Gasteiger partial charge in [0.2, 0.25) is 0 Å². The highest BCUT2D eigenvalue weighted by molar-refractivity contribution is 9.10. The Morgan fingerprint density at radius 3 is 2.50 bits per heavy atom. The molecule has 2 aromatic rings. The Kier molecular flexibility index (Phi) is 3.98. The van der Waals surface area contributed by atoms with E-state index in [0.29, 0.717) is 0 Å². The molecule has 1 N–H and O–H groups in total. The molecule has 0 unspecified atom stereocenters. The molecule has 0 aliphatic heterocycles. The first kappa shape index (κ1) is 14.2. The van der Waals surface area contributed by atoms with Crippen molar-refractivity contribution < 1.29 is 0 Å². The number of nitrogens with zero attached hydrogens (tertiary/aromatic N) is 1. The van der Waals surface area contributed by atoms with Gasteiger partial charge in [0.05, 0.1) is 5.69 Å². The van der Waals surface area contributed by atoms with E-state index < -0.39 is 0 Å². The van der Waals surface area contributed by atoms with Gasteiger partial charge in [-0.2, -0.15) is 0 Å². The molecular formula is C16H19BrN2S. The van der Waals surface area contributed by atoms with E-state index in [4.69, 9.17) is 4.98 Å². The third-order valence-electron chi connectivity index (χ3n) is 3.70. The molecule has 1 aromatic heterocycles. The summed E-state index contributed by atoms with van der Waals surface area (Å²) in [6.07, 6.45) is 2.66. The Balaban J connectivity index is 1.87. The number of hydrogen-bond donors (Lipinski definition) is 1. The van der Waals surface area contributed by atoms with Gasteiger partial charge in [-0.25, -0.2) is 4.98 Å². The van der Waals surface area contributed by atoms with Crippen LogP contribution in [0.2, 0.25) is 0 Å². The van der Waals surface area contributed by atoms with Crippen LogP contribution in [0.5, 0.6) is 0 Å². The molecule has 1 aliphatic carbocycles. The Morgan fingerprint density at radius 1 is 1.25 bits per heavy atom. The van der Waals surface area contributed by atoms with Gasteiger partial charge < -0.3 is 5.32 Å². The first-order chi connectivity index (χ1) is 9.54. The molecule has 20 heavy (non-hydrogen) atoms. The lowest BCUT2D eigenvalue weighted by Gasteiger charge is -2.05. The molecule has 4 heteroatoms. The molecule has 1 fully saturated rings. The van der Waals surface area contributed by atoms with Crippen molar-refractivity contribution in [3.05, 3.63) is 38.3 Å². The summed E-state index contributed by atoms with van der Waals surface area (Å²) in [6, 6.07) is 5.18. The lowest BCUT2D eigenvalue weighted by molar-refractivity contribution is 0.691. The summed E-state index contributed by atoms with van der Waals surface area (Å²) in [5.41, 5.74) is 4.93. The minimum Gasteiger partial charge on any atom is -0.309 e. The number of aromatic nitrogens is 1. The maximum atomic E-state index is 4.75. The van der Waals surface area contributed by atoms with Crippen molar-refractivity contribution in [2.75, 3.05) is 0 Å². The highest BCUT2D eigenvalue weighted by atomic mass is 79.9. The smallest absolute Gasteiger partial charge is 0.123 e. The van der Waals surface area contributed by atoms with Crippen molar-refractivity contribution >= 4 is 27.3 Å². The second-order valence-electron chi connectivity index (χ2n) is 5.61. The molecule has 0 spiro atoms. The number of halogens is 1. The quantitative estimate of drug-likeness (QED) is 0.860. The van der Waals surface area contributed by atoms with Crippen molar-refractivity contribution in [3.8, 4) is 10.6 Å². The van der Waals surface area contributed by atoms with Crippen molar-refractivity contribution in [1.29, 1.82) is 0 Å². The highest BCUT2D eigenvalue weighted by Gasteiger charge is 2.21. The summed E-state index contributed by atoms with van der Waals surface area (Å²) >= 11 is 5.44. The minimum absolute atomic E-state index is 0.747. The van der Waals surface area contributed by atoms with Gasteiger partial charge >= 0.3 is 0 Å². The van der Waals surface area contributed by atoms with Crippen molar-refractivity contribution in [2.45, 2.75) is 46.2 Å². The molecule has 3 rings (SSSR count). The maximum absolute atomic E-state index is 4.75. The largest absolute Gasteiger partial charge is 0.309 e. The van der Waals surface area contributed by atoms with Crippen molar-refractivity contribution in [2.24, 2.45) is 0 Å². The van der Waals surface area contributed by atoms with Gasteiger partial charge in [-0.15, -0.1) is 11.3 Å². The summed E-state index contributed by atoms with van der Waals surface area (Å²) in [6.45, 7) is 7.35. The first-order valence-corrected chi connectivity index (χ1v) is 8.62. The number of rotatable bonds is 4. The van der Waals surface area contributed by atoms with Crippen LogP contribution in [0.4, 0.5) is 0 Å². The molecule has 1 aromatic carbocycles. The van der Waals surface area contributed by atoms with E-state index in [0.717, 1.165) is 23.3 Å². The predicted octanol–water partition coefficient (Wildman–Crippen LogP) is 4.75. The van der Waals surface area contributed by atoms with Gasteiger partial charge in [0.25, 0.3) is 0 Å². The highest BCUT2D eigenvalue weighted by Crippen LogP contribution is 2.32. The van der Waals surface area contributed by atoms with Crippen molar-refractivity contribution in [3.63, 3.8) is 0 Å². The molecule has 106 valence electrons. The van der Waals surface area contributed by atoms with Crippen LogP contribution in [-0.2, 0) is 6.54 Å². The molecule has 0 atom stereocenters. The number of nitrogens with one attached hydrogen (secondary N) is 1. The van der Waals surface area contributed by atoms with Crippen LogP contribution in [0.3, 0.4) is 0 Å². The first-order valence-electron chi connectivity index (χ1n) is 7.01. The average molecular weight is 351 g/mol. The average Bonchev–Trinajstić information content (AvgIpc) is 3.16. The second kappa shape index (κ2) is 5.58. The normalized spacial score (nSPS) is 14.8. The monoisotopic (exact) mass is 350 g/mol. The molecule has 0 amide bonds. The van der Waals surface area contributed by atoms with Crippen LogP contribution in [-0.4, -0.2) is 11.0 Å². The topological polar surface area (TPSA) is 24.9 Å². The van der Waals surface area contributed by atoms with Crippen LogP contribution < -0.4 is 5.32 Å². The Labute approximate surface area is 132 Å². The molecule has 0 saturated heterocycles. The molecular weight excluding hydrogens is 332 g/mol. The molecule has 0 radical (unpaired) electrons. The van der Waals surface area contributed by atoms with Crippen LogP contribution in [0.15, 0.2) is 16.6 Å². The van der Waals surface area contributed by atoms with Gasteiger partial charge in [0.15, 0.2) is 0 Å². The number of thiazole rings is 1. The summed E-state index contributed by atoms with van der Waals surface area (Å²) in [5.74, 6) is 0. The third-order valence-corrected chi connectivity index (χ3v) is 6.16. The Morgan fingerprint density at radius 2 is 1.90 bits per heavy atom. The summed E-state index contributed by atoms with van der Waals surface area (Å²) in [4.78, 5) is 6.12. The Hall–Kier alpha value is -0.710. The number of hydrogen-bond acceptors (Lipinski definition) is 3. The van der Waals surface area contributed by atoms with Crippen LogP contribution >= 0.6 is 27.3 Å². The SMILES string of the molecule is Cc1cc(-c2nc(C)c(CNC3CC3)s2)cc(C)c1Br. The summed E-state index contributed by atoms with van der Waals surface area (Å²) < 4.78 is 1.20. The molecule has 2 nitrogen and oxygen atoms in total. The second-order valence-corrected chi connectivity index (χ2v) is 7.48. The number of aryl methyl sites for hydroxylation is 3. The molecule has 1 saturated carbocycles. The van der Waals surface area contributed by atoms with E-state index in [-0.39, 0.29) is 0 Å². The van der Waals surface area contributed by atoms with E-state index in [1.165, 1.54) is 38.9 Å².